The molecule has 0 bridgehead atoms. The van der Waals surface area contributed by atoms with Gasteiger partial charge >= 0.3 is 0 Å². The van der Waals surface area contributed by atoms with Crippen LogP contribution in [-0.2, 0) is 9.59 Å². The summed E-state index contributed by atoms with van der Waals surface area (Å²) in [6.07, 6.45) is 1.19. The summed E-state index contributed by atoms with van der Waals surface area (Å²) in [6, 6.07) is 14.4. The maximum absolute atomic E-state index is 12.7. The Morgan fingerprint density at radius 1 is 1.23 bits per heavy atom. The smallest absolute Gasteiger partial charge is 0.231 e. The Morgan fingerprint density at radius 2 is 2.03 bits per heavy atom. The summed E-state index contributed by atoms with van der Waals surface area (Å²) in [4.78, 5) is 33.4. The molecule has 0 spiro atoms. The Hall–Kier alpha value is -2.77. The van der Waals surface area contributed by atoms with E-state index in [4.69, 9.17) is 0 Å². The van der Waals surface area contributed by atoms with Crippen molar-refractivity contribution in [3.8, 4) is 11.3 Å². The van der Waals surface area contributed by atoms with Crippen molar-refractivity contribution in [2.75, 3.05) is 39.0 Å². The van der Waals surface area contributed by atoms with Crippen molar-refractivity contribution < 1.29 is 9.59 Å². The van der Waals surface area contributed by atoms with Gasteiger partial charge in [-0.05, 0) is 43.9 Å². The number of hydrogen-bond acceptors (Lipinski definition) is 5. The summed E-state index contributed by atoms with van der Waals surface area (Å²) in [7, 11) is 4.03. The Kier molecular flexibility index (Phi) is 6.11. The molecule has 1 unspecified atom stereocenters. The summed E-state index contributed by atoms with van der Waals surface area (Å²) < 4.78 is 0. The number of carbonyl (C=O) groups is 2. The molecule has 1 atom stereocenters. The minimum atomic E-state index is -0.315. The van der Waals surface area contributed by atoms with Crippen molar-refractivity contribution in [2.24, 2.45) is 5.92 Å². The Balaban J connectivity index is 1.37. The minimum Gasteiger partial charge on any atom is -0.342 e. The van der Waals surface area contributed by atoms with Gasteiger partial charge in [0.15, 0.2) is 5.13 Å². The zero-order valence-corrected chi connectivity index (χ0v) is 18.1. The second kappa shape index (κ2) is 8.93. The number of benzene rings is 2. The van der Waals surface area contributed by atoms with Crippen LogP contribution in [0, 0.1) is 5.92 Å². The van der Waals surface area contributed by atoms with E-state index < -0.39 is 0 Å². The van der Waals surface area contributed by atoms with Gasteiger partial charge in [-0.3, -0.25) is 9.59 Å². The summed E-state index contributed by atoms with van der Waals surface area (Å²) in [6.45, 7) is 2.11. The third-order valence-electron chi connectivity index (χ3n) is 5.40. The first kappa shape index (κ1) is 20.5. The number of nitrogens with zero attached hydrogens (tertiary/aromatic N) is 3. The fourth-order valence-corrected chi connectivity index (χ4v) is 4.48. The van der Waals surface area contributed by atoms with Gasteiger partial charge in [-0.25, -0.2) is 4.98 Å². The van der Waals surface area contributed by atoms with Crippen LogP contribution in [-0.4, -0.2) is 60.3 Å². The highest BCUT2D eigenvalue weighted by atomic mass is 32.1. The van der Waals surface area contributed by atoms with Gasteiger partial charge < -0.3 is 15.1 Å². The molecule has 1 fully saturated rings. The van der Waals surface area contributed by atoms with Crippen LogP contribution in [0.25, 0.3) is 22.0 Å². The van der Waals surface area contributed by atoms with Crippen molar-refractivity contribution in [2.45, 2.75) is 12.8 Å². The van der Waals surface area contributed by atoms with Gasteiger partial charge in [-0.15, -0.1) is 11.3 Å². The molecule has 7 heteroatoms. The number of fused-ring (bicyclic) bond motifs is 1. The van der Waals surface area contributed by atoms with Crippen molar-refractivity contribution in [3.05, 3.63) is 47.8 Å². The Labute approximate surface area is 180 Å². The quantitative estimate of drug-likeness (QED) is 0.631. The van der Waals surface area contributed by atoms with Crippen LogP contribution >= 0.6 is 11.3 Å². The lowest BCUT2D eigenvalue weighted by Gasteiger charge is -2.17. The molecular weight excluding hydrogens is 396 g/mol. The van der Waals surface area contributed by atoms with Gasteiger partial charge in [0.25, 0.3) is 0 Å². The first-order valence-corrected chi connectivity index (χ1v) is 11.1. The predicted octanol–water partition coefficient (Wildman–Crippen LogP) is 3.70. The average Bonchev–Trinajstić information content (AvgIpc) is 3.34. The molecule has 1 aliphatic rings. The average molecular weight is 423 g/mol. The lowest BCUT2D eigenvalue weighted by Crippen LogP contribution is -2.30. The van der Waals surface area contributed by atoms with E-state index in [1.807, 2.05) is 37.7 Å². The molecule has 4 rings (SSSR count). The first-order valence-electron chi connectivity index (χ1n) is 10.2. The first-order chi connectivity index (χ1) is 14.5. The summed E-state index contributed by atoms with van der Waals surface area (Å²) in [5.74, 6) is -0.382. The molecule has 2 amide bonds. The largest absolute Gasteiger partial charge is 0.342 e. The van der Waals surface area contributed by atoms with Gasteiger partial charge in [-0.2, -0.15) is 0 Å². The normalized spacial score (nSPS) is 16.6. The lowest BCUT2D eigenvalue weighted by molar-refractivity contribution is -0.128. The topological polar surface area (TPSA) is 65.5 Å². The molecule has 0 aliphatic carbocycles. The highest BCUT2D eigenvalue weighted by Crippen LogP contribution is 2.28. The second-order valence-electron chi connectivity index (χ2n) is 7.99. The molecule has 3 aromatic rings. The van der Waals surface area contributed by atoms with E-state index in [9.17, 15) is 9.59 Å². The predicted molar refractivity (Wildman–Crippen MR) is 122 cm³/mol. The summed E-state index contributed by atoms with van der Waals surface area (Å²) >= 11 is 1.41. The number of nitrogens with one attached hydrogen (secondary N) is 1. The van der Waals surface area contributed by atoms with Crippen LogP contribution in [0.2, 0.25) is 0 Å². The van der Waals surface area contributed by atoms with E-state index in [-0.39, 0.29) is 24.2 Å². The van der Waals surface area contributed by atoms with Crippen molar-refractivity contribution in [1.29, 1.82) is 0 Å². The monoisotopic (exact) mass is 422 g/mol. The van der Waals surface area contributed by atoms with Crippen molar-refractivity contribution in [3.63, 3.8) is 0 Å². The van der Waals surface area contributed by atoms with Crippen LogP contribution in [0.3, 0.4) is 0 Å². The van der Waals surface area contributed by atoms with Gasteiger partial charge in [0.05, 0.1) is 11.6 Å². The third kappa shape index (κ3) is 4.68. The number of thiazole rings is 1. The number of anilines is 1. The van der Waals surface area contributed by atoms with Crippen LogP contribution < -0.4 is 5.32 Å². The molecular formula is C23H26N4O2S. The van der Waals surface area contributed by atoms with E-state index in [1.54, 1.807) is 4.90 Å². The van der Waals surface area contributed by atoms with E-state index in [1.165, 1.54) is 16.7 Å². The van der Waals surface area contributed by atoms with E-state index in [0.29, 0.717) is 18.2 Å². The standard InChI is InChI=1S/C23H26N4O2S/c1-26(2)10-5-11-27-14-19(13-21(27)28)22(29)25-23-24-20(15-30-23)18-9-8-16-6-3-4-7-17(16)12-18/h3-4,6-9,12,15,19H,5,10-11,13-14H2,1-2H3,(H,24,25,29). The fraction of sp³-hybridized carbons (Fsp3) is 0.348. The van der Waals surface area contributed by atoms with E-state index in [0.717, 1.165) is 29.6 Å². The third-order valence-corrected chi connectivity index (χ3v) is 6.16. The van der Waals surface area contributed by atoms with Crippen LogP contribution in [0.5, 0.6) is 0 Å². The molecule has 30 heavy (non-hydrogen) atoms. The van der Waals surface area contributed by atoms with Crippen molar-refractivity contribution >= 4 is 39.1 Å². The zero-order chi connectivity index (χ0) is 21.1. The molecule has 2 heterocycles. The zero-order valence-electron chi connectivity index (χ0n) is 17.3. The Bertz CT molecular complexity index is 1060. The minimum absolute atomic E-state index is 0.0601. The molecule has 2 aromatic carbocycles. The fourth-order valence-electron chi connectivity index (χ4n) is 3.76. The molecule has 1 aromatic heterocycles. The van der Waals surface area contributed by atoms with Crippen LogP contribution in [0.4, 0.5) is 5.13 Å². The molecule has 0 saturated carbocycles. The Morgan fingerprint density at radius 3 is 2.83 bits per heavy atom. The van der Waals surface area contributed by atoms with Gasteiger partial charge in [0, 0.05) is 30.5 Å². The molecule has 1 saturated heterocycles. The van der Waals surface area contributed by atoms with E-state index >= 15 is 0 Å². The maximum atomic E-state index is 12.7. The maximum Gasteiger partial charge on any atom is 0.231 e. The lowest BCUT2D eigenvalue weighted by atomic mass is 10.1. The molecule has 6 nitrogen and oxygen atoms in total. The number of likely N-dealkylation sites (tertiary alicyclic amines) is 1. The molecule has 1 N–H and O–H groups in total. The summed E-state index contributed by atoms with van der Waals surface area (Å²) in [5, 5.41) is 7.78. The molecule has 0 radical (unpaired) electrons. The number of aromatic nitrogens is 1. The van der Waals surface area contributed by atoms with E-state index in [2.05, 4.69) is 39.5 Å². The number of carbonyl (C=O) groups excluding carboxylic acids is 2. The highest BCUT2D eigenvalue weighted by molar-refractivity contribution is 7.14. The summed E-state index contributed by atoms with van der Waals surface area (Å²) in [5.41, 5.74) is 1.86. The van der Waals surface area contributed by atoms with Gasteiger partial charge in [0.1, 0.15) is 0 Å². The molecule has 156 valence electrons. The van der Waals surface area contributed by atoms with Crippen LogP contribution in [0.15, 0.2) is 47.8 Å². The van der Waals surface area contributed by atoms with Gasteiger partial charge in [0.2, 0.25) is 11.8 Å². The number of amides is 2. The van der Waals surface area contributed by atoms with Gasteiger partial charge in [-0.1, -0.05) is 36.4 Å². The number of hydrogen-bond donors (Lipinski definition) is 1. The number of rotatable bonds is 7. The SMILES string of the molecule is CN(C)CCCN1CC(C(=O)Nc2nc(-c3ccc4ccccc4c3)cs2)CC1=O. The second-order valence-corrected chi connectivity index (χ2v) is 8.84. The molecule has 1 aliphatic heterocycles. The van der Waals surface area contributed by atoms with Crippen LogP contribution in [0.1, 0.15) is 12.8 Å². The highest BCUT2D eigenvalue weighted by Gasteiger charge is 2.34. The van der Waals surface area contributed by atoms with Crippen molar-refractivity contribution in [1.82, 2.24) is 14.8 Å².